The smallest absolute Gasteiger partial charge is 0.277 e. The minimum absolute atomic E-state index is 0.0805. The molecule has 0 aliphatic heterocycles. The summed E-state index contributed by atoms with van der Waals surface area (Å²) in [5.41, 5.74) is 4.41. The third kappa shape index (κ3) is 5.64. The van der Waals surface area contributed by atoms with E-state index in [0.29, 0.717) is 5.92 Å². The summed E-state index contributed by atoms with van der Waals surface area (Å²) in [6.45, 7) is 4.19. The van der Waals surface area contributed by atoms with Crippen molar-refractivity contribution in [2.75, 3.05) is 13.7 Å². The van der Waals surface area contributed by atoms with Crippen molar-refractivity contribution in [1.29, 1.82) is 0 Å². The molecule has 1 amide bonds. The fraction of sp³-hybridized carbons (Fsp3) is 0.300. The van der Waals surface area contributed by atoms with Crippen molar-refractivity contribution in [2.45, 2.75) is 26.2 Å². The Balaban J connectivity index is 1.88. The minimum Gasteiger partial charge on any atom is -0.497 e. The molecule has 0 aromatic heterocycles. The second-order valence-corrected chi connectivity index (χ2v) is 5.71. The van der Waals surface area contributed by atoms with Crippen LogP contribution in [0.2, 0.25) is 0 Å². The van der Waals surface area contributed by atoms with Gasteiger partial charge in [-0.05, 0) is 41.7 Å². The molecule has 0 aliphatic rings. The molecule has 5 nitrogen and oxygen atoms in total. The lowest BCUT2D eigenvalue weighted by molar-refractivity contribution is -0.123. The van der Waals surface area contributed by atoms with Gasteiger partial charge in [0.15, 0.2) is 6.61 Å². The van der Waals surface area contributed by atoms with Gasteiger partial charge in [0.2, 0.25) is 0 Å². The van der Waals surface area contributed by atoms with E-state index in [2.05, 4.69) is 24.4 Å². The monoisotopic (exact) mass is 340 g/mol. The molecule has 1 atom stereocenters. The number of amides is 1. The number of carbonyl (C=O) groups is 1. The molecule has 1 N–H and O–H groups in total. The number of carbonyl (C=O) groups excluding carboxylic acids is 1. The van der Waals surface area contributed by atoms with Crippen molar-refractivity contribution < 1.29 is 14.3 Å². The summed E-state index contributed by atoms with van der Waals surface area (Å²) in [6, 6.07) is 15.2. The molecule has 132 valence electrons. The van der Waals surface area contributed by atoms with E-state index in [1.807, 2.05) is 48.5 Å². The van der Waals surface area contributed by atoms with Crippen molar-refractivity contribution >= 4 is 12.1 Å². The topological polar surface area (TPSA) is 59.9 Å². The molecule has 2 aromatic rings. The summed E-state index contributed by atoms with van der Waals surface area (Å²) in [5.74, 6) is 1.55. The highest BCUT2D eigenvalue weighted by Crippen LogP contribution is 2.28. The second kappa shape index (κ2) is 9.47. The number of para-hydroxylation sites is 1. The number of nitrogens with one attached hydrogen (secondary N) is 1. The van der Waals surface area contributed by atoms with Gasteiger partial charge in [-0.1, -0.05) is 44.2 Å². The van der Waals surface area contributed by atoms with Gasteiger partial charge in [-0.3, -0.25) is 4.79 Å². The highest BCUT2D eigenvalue weighted by atomic mass is 16.5. The van der Waals surface area contributed by atoms with Crippen LogP contribution in [0.5, 0.6) is 11.5 Å². The summed E-state index contributed by atoms with van der Waals surface area (Å²) in [4.78, 5) is 11.9. The molecule has 0 bridgehead atoms. The normalized spacial score (nSPS) is 12.0. The van der Waals surface area contributed by atoms with E-state index in [1.165, 1.54) is 0 Å². The van der Waals surface area contributed by atoms with E-state index in [0.717, 1.165) is 29.0 Å². The Morgan fingerprint density at radius 1 is 1.24 bits per heavy atom. The fourth-order valence-electron chi connectivity index (χ4n) is 2.32. The molecule has 0 saturated heterocycles. The van der Waals surface area contributed by atoms with Gasteiger partial charge in [-0.25, -0.2) is 5.43 Å². The zero-order valence-electron chi connectivity index (χ0n) is 14.9. The van der Waals surface area contributed by atoms with Crippen LogP contribution in [-0.2, 0) is 4.79 Å². The van der Waals surface area contributed by atoms with Gasteiger partial charge >= 0.3 is 0 Å². The van der Waals surface area contributed by atoms with Crippen LogP contribution in [0.1, 0.15) is 37.3 Å². The summed E-state index contributed by atoms with van der Waals surface area (Å²) in [5, 5.41) is 3.94. The van der Waals surface area contributed by atoms with Crippen molar-refractivity contribution in [2.24, 2.45) is 5.10 Å². The minimum atomic E-state index is -0.307. The molecule has 0 radical (unpaired) electrons. The van der Waals surface area contributed by atoms with Crippen LogP contribution in [0, 0.1) is 0 Å². The quantitative estimate of drug-likeness (QED) is 0.588. The second-order valence-electron chi connectivity index (χ2n) is 5.71. The van der Waals surface area contributed by atoms with Crippen LogP contribution in [0.25, 0.3) is 0 Å². The maximum absolute atomic E-state index is 11.9. The van der Waals surface area contributed by atoms with Gasteiger partial charge in [-0.15, -0.1) is 0 Å². The first-order valence-electron chi connectivity index (χ1n) is 8.31. The van der Waals surface area contributed by atoms with E-state index in [-0.39, 0.29) is 12.5 Å². The molecule has 0 saturated carbocycles. The van der Waals surface area contributed by atoms with Gasteiger partial charge in [0.25, 0.3) is 5.91 Å². The molecule has 2 aromatic carbocycles. The standard InChI is InChI=1S/C20H24N2O3/c1-4-15(2)18-10-5-6-11-19(18)25-14-20(23)22-21-13-16-8-7-9-17(12-16)24-3/h5-13,15H,4,14H2,1-3H3,(H,22,23). The number of methoxy groups -OCH3 is 1. The van der Waals surface area contributed by atoms with E-state index < -0.39 is 0 Å². The molecular formula is C20H24N2O3. The van der Waals surface area contributed by atoms with Gasteiger partial charge in [0.05, 0.1) is 13.3 Å². The number of hydrogen-bond donors (Lipinski definition) is 1. The van der Waals surface area contributed by atoms with Crippen molar-refractivity contribution in [1.82, 2.24) is 5.43 Å². The van der Waals surface area contributed by atoms with Crippen LogP contribution in [0.4, 0.5) is 0 Å². The number of nitrogens with zero attached hydrogens (tertiary/aromatic N) is 1. The largest absolute Gasteiger partial charge is 0.497 e. The Morgan fingerprint density at radius 3 is 2.80 bits per heavy atom. The van der Waals surface area contributed by atoms with E-state index >= 15 is 0 Å². The highest BCUT2D eigenvalue weighted by Gasteiger charge is 2.10. The zero-order chi connectivity index (χ0) is 18.1. The van der Waals surface area contributed by atoms with Gasteiger partial charge < -0.3 is 9.47 Å². The zero-order valence-corrected chi connectivity index (χ0v) is 14.9. The predicted octanol–water partition coefficient (Wildman–Crippen LogP) is 3.74. The number of hydrazone groups is 1. The summed E-state index contributed by atoms with van der Waals surface area (Å²) >= 11 is 0. The summed E-state index contributed by atoms with van der Waals surface area (Å²) < 4.78 is 10.8. The average Bonchev–Trinajstić information content (AvgIpc) is 2.66. The molecule has 1 unspecified atom stereocenters. The van der Waals surface area contributed by atoms with Crippen molar-refractivity contribution in [3.63, 3.8) is 0 Å². The molecule has 2 rings (SSSR count). The third-order valence-electron chi connectivity index (χ3n) is 3.92. The predicted molar refractivity (Wildman–Crippen MR) is 99.4 cm³/mol. The van der Waals surface area contributed by atoms with Crippen LogP contribution in [0.15, 0.2) is 53.6 Å². The van der Waals surface area contributed by atoms with Crippen LogP contribution in [-0.4, -0.2) is 25.8 Å². The van der Waals surface area contributed by atoms with Gasteiger partial charge in [-0.2, -0.15) is 5.10 Å². The first-order chi connectivity index (χ1) is 12.1. The Kier molecular flexibility index (Phi) is 7.01. The Bertz CT molecular complexity index is 728. The van der Waals surface area contributed by atoms with Crippen molar-refractivity contribution in [3.8, 4) is 11.5 Å². The SMILES string of the molecule is CCC(C)c1ccccc1OCC(=O)NN=Cc1cccc(OC)c1. The molecule has 0 heterocycles. The highest BCUT2D eigenvalue weighted by molar-refractivity contribution is 5.83. The van der Waals surface area contributed by atoms with Gasteiger partial charge in [0, 0.05) is 0 Å². The van der Waals surface area contributed by atoms with Gasteiger partial charge in [0.1, 0.15) is 11.5 Å². The number of rotatable bonds is 8. The Labute approximate surface area is 148 Å². The lowest BCUT2D eigenvalue weighted by atomic mass is 9.98. The van der Waals surface area contributed by atoms with Crippen LogP contribution in [0.3, 0.4) is 0 Å². The number of benzene rings is 2. The average molecular weight is 340 g/mol. The maximum Gasteiger partial charge on any atom is 0.277 e. The lowest BCUT2D eigenvalue weighted by Crippen LogP contribution is -2.24. The number of ether oxygens (including phenoxy) is 2. The maximum atomic E-state index is 11.9. The van der Waals surface area contributed by atoms with Crippen LogP contribution >= 0.6 is 0 Å². The molecular weight excluding hydrogens is 316 g/mol. The molecule has 0 aliphatic carbocycles. The summed E-state index contributed by atoms with van der Waals surface area (Å²) in [6.07, 6.45) is 2.57. The van der Waals surface area contributed by atoms with E-state index in [9.17, 15) is 4.79 Å². The van der Waals surface area contributed by atoms with E-state index in [1.54, 1.807) is 13.3 Å². The molecule has 0 spiro atoms. The van der Waals surface area contributed by atoms with E-state index in [4.69, 9.17) is 9.47 Å². The fourth-order valence-corrected chi connectivity index (χ4v) is 2.32. The lowest BCUT2D eigenvalue weighted by Gasteiger charge is -2.15. The van der Waals surface area contributed by atoms with Crippen LogP contribution < -0.4 is 14.9 Å². The first-order valence-corrected chi connectivity index (χ1v) is 8.31. The third-order valence-corrected chi connectivity index (χ3v) is 3.92. The number of hydrogen-bond acceptors (Lipinski definition) is 4. The Morgan fingerprint density at radius 2 is 2.04 bits per heavy atom. The van der Waals surface area contributed by atoms with Crippen molar-refractivity contribution in [3.05, 3.63) is 59.7 Å². The summed E-state index contributed by atoms with van der Waals surface area (Å²) in [7, 11) is 1.60. The molecule has 5 heteroatoms. The Hall–Kier alpha value is -2.82. The molecule has 0 fully saturated rings. The molecule has 25 heavy (non-hydrogen) atoms. The first kappa shape index (κ1) is 18.5.